The predicted molar refractivity (Wildman–Crippen MR) is 93.3 cm³/mol. The summed E-state index contributed by atoms with van der Waals surface area (Å²) >= 11 is 0. The highest BCUT2D eigenvalue weighted by molar-refractivity contribution is 5.75. The molecule has 8 heteroatoms. The number of halogens is 5. The van der Waals surface area contributed by atoms with Crippen LogP contribution in [0.25, 0.3) is 0 Å². The summed E-state index contributed by atoms with van der Waals surface area (Å²) in [7, 11) is 0. The molecule has 1 aliphatic carbocycles. The van der Waals surface area contributed by atoms with Crippen molar-refractivity contribution >= 4 is 5.97 Å². The fraction of sp³-hybridized carbons (Fsp3) is 0.650. The van der Waals surface area contributed by atoms with Crippen molar-refractivity contribution in [2.45, 2.75) is 70.6 Å². The minimum Gasteiger partial charge on any atom is -0.426 e. The fourth-order valence-electron chi connectivity index (χ4n) is 3.35. The number of alkyl halides is 5. The van der Waals surface area contributed by atoms with Gasteiger partial charge in [-0.3, -0.25) is 4.79 Å². The molecule has 0 unspecified atom stereocenters. The van der Waals surface area contributed by atoms with E-state index in [4.69, 9.17) is 4.74 Å². The summed E-state index contributed by atoms with van der Waals surface area (Å²) in [5.74, 6) is -0.566. The van der Waals surface area contributed by atoms with Crippen LogP contribution < -0.4 is 9.47 Å². The predicted octanol–water partition coefficient (Wildman–Crippen LogP) is 6.51. The number of ether oxygens (including phenoxy) is 2. The third-order valence-electron chi connectivity index (χ3n) is 5.01. The third-order valence-corrected chi connectivity index (χ3v) is 5.01. The zero-order valence-electron chi connectivity index (χ0n) is 15.7. The van der Waals surface area contributed by atoms with E-state index in [2.05, 4.69) is 11.7 Å². The lowest BCUT2D eigenvalue weighted by Gasteiger charge is -2.27. The summed E-state index contributed by atoms with van der Waals surface area (Å²) < 4.78 is 71.1. The molecule has 0 heterocycles. The minimum atomic E-state index is -5.81. The zero-order chi connectivity index (χ0) is 20.8. The summed E-state index contributed by atoms with van der Waals surface area (Å²) in [4.78, 5) is 12.3. The standard InChI is InChI=1S/C20H25F5O3/c1-2-3-4-5-14-6-8-15(9-7-14)18(26)27-16-10-12-17(13-11-16)28-20(24,25)19(21,22)23/h10-15H,2-9H2,1H3. The first-order chi connectivity index (χ1) is 13.1. The third kappa shape index (κ3) is 6.34. The largest absolute Gasteiger partial charge is 0.499 e. The molecule has 0 N–H and O–H groups in total. The smallest absolute Gasteiger partial charge is 0.426 e. The van der Waals surface area contributed by atoms with Crippen LogP contribution in [0.4, 0.5) is 22.0 Å². The number of carbonyl (C=O) groups excluding carboxylic acids is 1. The summed E-state index contributed by atoms with van der Waals surface area (Å²) in [5, 5.41) is 0. The Kier molecular flexibility index (Phi) is 7.66. The normalized spacial score (nSPS) is 20.6. The molecule has 0 spiro atoms. The van der Waals surface area contributed by atoms with E-state index in [-0.39, 0.29) is 11.7 Å². The molecule has 1 saturated carbocycles. The molecule has 0 amide bonds. The number of hydrogen-bond donors (Lipinski definition) is 0. The van der Waals surface area contributed by atoms with Gasteiger partial charge in [-0.15, -0.1) is 0 Å². The topological polar surface area (TPSA) is 35.5 Å². The van der Waals surface area contributed by atoms with Crippen LogP contribution in [0.3, 0.4) is 0 Å². The van der Waals surface area contributed by atoms with Gasteiger partial charge in [-0.25, -0.2) is 0 Å². The van der Waals surface area contributed by atoms with Crippen LogP contribution in [-0.2, 0) is 4.79 Å². The average Bonchev–Trinajstić information content (AvgIpc) is 2.63. The molecule has 0 aromatic heterocycles. The van der Waals surface area contributed by atoms with E-state index in [0.29, 0.717) is 5.92 Å². The van der Waals surface area contributed by atoms with E-state index in [9.17, 15) is 26.7 Å². The molecular formula is C20H25F5O3. The molecular weight excluding hydrogens is 383 g/mol. The van der Waals surface area contributed by atoms with Crippen molar-refractivity contribution in [2.75, 3.05) is 0 Å². The highest BCUT2D eigenvalue weighted by atomic mass is 19.4. The summed E-state index contributed by atoms with van der Waals surface area (Å²) in [6.07, 6.45) is -2.88. The average molecular weight is 408 g/mol. The molecule has 1 fully saturated rings. The Morgan fingerprint density at radius 3 is 2.07 bits per heavy atom. The molecule has 1 aromatic carbocycles. The molecule has 0 aliphatic heterocycles. The summed E-state index contributed by atoms with van der Waals surface area (Å²) in [6, 6.07) is 4.09. The van der Waals surface area contributed by atoms with Crippen molar-refractivity contribution < 1.29 is 36.2 Å². The number of rotatable bonds is 8. The molecule has 0 radical (unpaired) electrons. The van der Waals surface area contributed by atoms with E-state index in [1.807, 2.05) is 0 Å². The van der Waals surface area contributed by atoms with Gasteiger partial charge in [-0.05, 0) is 55.9 Å². The SMILES string of the molecule is CCCCCC1CCC(C(=O)Oc2ccc(OC(F)(F)C(F)(F)F)cc2)CC1. The molecule has 0 bridgehead atoms. The van der Waals surface area contributed by atoms with E-state index in [1.54, 1.807) is 0 Å². The van der Waals surface area contributed by atoms with E-state index in [0.717, 1.165) is 49.9 Å². The second-order valence-electron chi connectivity index (χ2n) is 7.22. The van der Waals surface area contributed by atoms with E-state index < -0.39 is 24.0 Å². The molecule has 0 atom stereocenters. The fourth-order valence-corrected chi connectivity index (χ4v) is 3.35. The first kappa shape index (κ1) is 22.4. The number of hydrogen-bond acceptors (Lipinski definition) is 3. The van der Waals surface area contributed by atoms with E-state index >= 15 is 0 Å². The van der Waals surface area contributed by atoms with Crippen molar-refractivity contribution in [1.82, 2.24) is 0 Å². The monoisotopic (exact) mass is 408 g/mol. The van der Waals surface area contributed by atoms with Crippen LogP contribution in [0.1, 0.15) is 58.3 Å². The Hall–Kier alpha value is -1.86. The Balaban J connectivity index is 1.82. The Bertz CT molecular complexity index is 620. The Morgan fingerprint density at radius 2 is 1.54 bits per heavy atom. The maximum absolute atomic E-state index is 12.9. The molecule has 3 nitrogen and oxygen atoms in total. The van der Waals surface area contributed by atoms with Gasteiger partial charge in [0.15, 0.2) is 0 Å². The molecule has 1 aliphatic rings. The maximum atomic E-state index is 12.9. The highest BCUT2D eigenvalue weighted by Gasteiger charge is 2.61. The second kappa shape index (κ2) is 9.56. The first-order valence-electron chi connectivity index (χ1n) is 9.57. The van der Waals surface area contributed by atoms with Gasteiger partial charge in [0.05, 0.1) is 5.92 Å². The molecule has 2 rings (SSSR count). The maximum Gasteiger partial charge on any atom is 0.499 e. The molecule has 158 valence electrons. The van der Waals surface area contributed by atoms with Gasteiger partial charge in [0.2, 0.25) is 0 Å². The zero-order valence-corrected chi connectivity index (χ0v) is 15.7. The van der Waals surface area contributed by atoms with Gasteiger partial charge in [0, 0.05) is 0 Å². The van der Waals surface area contributed by atoms with E-state index in [1.165, 1.54) is 25.7 Å². The highest BCUT2D eigenvalue weighted by Crippen LogP contribution is 2.38. The lowest BCUT2D eigenvalue weighted by molar-refractivity contribution is -0.360. The van der Waals surface area contributed by atoms with Crippen molar-refractivity contribution in [3.05, 3.63) is 24.3 Å². The van der Waals surface area contributed by atoms with Gasteiger partial charge < -0.3 is 9.47 Å². The number of benzene rings is 1. The molecule has 1 aromatic rings. The van der Waals surface area contributed by atoms with Crippen molar-refractivity contribution in [2.24, 2.45) is 11.8 Å². The van der Waals surface area contributed by atoms with Crippen LogP contribution in [-0.4, -0.2) is 18.3 Å². The van der Waals surface area contributed by atoms with Crippen LogP contribution in [0.5, 0.6) is 11.5 Å². The Morgan fingerprint density at radius 1 is 0.964 bits per heavy atom. The quantitative estimate of drug-likeness (QED) is 0.213. The summed E-state index contributed by atoms with van der Waals surface area (Å²) in [6.45, 7) is 2.16. The Labute approximate surface area is 161 Å². The van der Waals surface area contributed by atoms with Crippen molar-refractivity contribution in [3.63, 3.8) is 0 Å². The second-order valence-corrected chi connectivity index (χ2v) is 7.22. The molecule has 0 saturated heterocycles. The van der Waals surface area contributed by atoms with Gasteiger partial charge in [0.1, 0.15) is 11.5 Å². The van der Waals surface area contributed by atoms with Gasteiger partial charge >= 0.3 is 18.3 Å². The number of carbonyl (C=O) groups is 1. The van der Waals surface area contributed by atoms with Crippen molar-refractivity contribution in [1.29, 1.82) is 0 Å². The lowest BCUT2D eigenvalue weighted by Crippen LogP contribution is -2.41. The van der Waals surface area contributed by atoms with Gasteiger partial charge in [-0.2, -0.15) is 22.0 Å². The van der Waals surface area contributed by atoms with Crippen molar-refractivity contribution in [3.8, 4) is 11.5 Å². The number of unbranched alkanes of at least 4 members (excludes halogenated alkanes) is 2. The van der Waals surface area contributed by atoms with Gasteiger partial charge in [0.25, 0.3) is 0 Å². The van der Waals surface area contributed by atoms with Gasteiger partial charge in [-0.1, -0.05) is 32.6 Å². The lowest BCUT2D eigenvalue weighted by atomic mass is 9.80. The van der Waals surface area contributed by atoms with Crippen LogP contribution in [0, 0.1) is 11.8 Å². The van der Waals surface area contributed by atoms with Crippen LogP contribution in [0.2, 0.25) is 0 Å². The number of esters is 1. The first-order valence-corrected chi connectivity index (χ1v) is 9.57. The summed E-state index contributed by atoms with van der Waals surface area (Å²) in [5.41, 5.74) is 0. The van der Waals surface area contributed by atoms with Crippen LogP contribution >= 0.6 is 0 Å². The minimum absolute atomic E-state index is 0.0812. The molecule has 28 heavy (non-hydrogen) atoms. The van der Waals surface area contributed by atoms with Crippen LogP contribution in [0.15, 0.2) is 24.3 Å².